The number of carboxylic acids is 1. The van der Waals surface area contributed by atoms with Gasteiger partial charge in [0.2, 0.25) is 0 Å². The van der Waals surface area contributed by atoms with Gasteiger partial charge < -0.3 is 9.84 Å². The molecule has 0 aliphatic carbocycles. The standard InChI is InChI=1S/C24H22N4O4/c1-2-32-24-26-21-10-6-9-20(23(29)30)22(21)28(24)15-16-11-12-19(17-7-4-3-5-8-17)18(13-16)14-25-27-31/h3-14,27,31H,2,15H2,1H3,(H,29,30). The van der Waals surface area contributed by atoms with Crippen molar-refractivity contribution in [2.75, 3.05) is 6.61 Å². The minimum atomic E-state index is -1.03. The Balaban J connectivity index is 1.83. The van der Waals surface area contributed by atoms with Crippen LogP contribution in [-0.4, -0.2) is 38.7 Å². The van der Waals surface area contributed by atoms with Crippen LogP contribution in [0.2, 0.25) is 0 Å². The fraction of sp³-hybridized carbons (Fsp3) is 0.125. The van der Waals surface area contributed by atoms with Crippen molar-refractivity contribution in [1.82, 2.24) is 15.1 Å². The van der Waals surface area contributed by atoms with E-state index in [4.69, 9.17) is 9.94 Å². The van der Waals surface area contributed by atoms with Gasteiger partial charge in [0.05, 0.1) is 36.0 Å². The topological polar surface area (TPSA) is 109 Å². The molecule has 3 N–H and O–H groups in total. The highest BCUT2D eigenvalue weighted by Gasteiger charge is 2.19. The molecule has 1 heterocycles. The van der Waals surface area contributed by atoms with E-state index in [1.54, 1.807) is 28.4 Å². The minimum absolute atomic E-state index is 0.160. The smallest absolute Gasteiger partial charge is 0.337 e. The molecule has 4 aromatic rings. The number of aromatic carboxylic acids is 1. The number of ether oxygens (including phenoxy) is 1. The maximum atomic E-state index is 11.8. The third kappa shape index (κ3) is 4.17. The molecule has 8 heteroatoms. The second-order valence-electron chi connectivity index (χ2n) is 7.04. The van der Waals surface area contributed by atoms with Crippen LogP contribution in [0.3, 0.4) is 0 Å². The Hall–Kier alpha value is -4.17. The molecule has 0 radical (unpaired) electrons. The van der Waals surface area contributed by atoms with Crippen molar-refractivity contribution in [3.05, 3.63) is 83.4 Å². The second kappa shape index (κ2) is 9.32. The predicted octanol–water partition coefficient (Wildman–Crippen LogP) is 4.16. The zero-order valence-electron chi connectivity index (χ0n) is 17.4. The van der Waals surface area contributed by atoms with Gasteiger partial charge in [0.1, 0.15) is 0 Å². The number of para-hydroxylation sites is 1. The maximum absolute atomic E-state index is 11.8. The molecule has 0 amide bonds. The molecule has 0 atom stereocenters. The predicted molar refractivity (Wildman–Crippen MR) is 121 cm³/mol. The van der Waals surface area contributed by atoms with E-state index in [1.807, 2.05) is 55.5 Å². The summed E-state index contributed by atoms with van der Waals surface area (Å²) in [5, 5.41) is 22.4. The number of nitrogens with zero attached hydrogens (tertiary/aromatic N) is 3. The molecular formula is C24H22N4O4. The van der Waals surface area contributed by atoms with Crippen molar-refractivity contribution in [1.29, 1.82) is 0 Å². The van der Waals surface area contributed by atoms with Crippen molar-refractivity contribution >= 4 is 23.2 Å². The lowest BCUT2D eigenvalue weighted by molar-refractivity contribution is 0.0698. The average Bonchev–Trinajstić information content (AvgIpc) is 3.15. The van der Waals surface area contributed by atoms with E-state index < -0.39 is 5.97 Å². The number of carbonyl (C=O) groups is 1. The van der Waals surface area contributed by atoms with Gasteiger partial charge in [-0.15, -0.1) is 0 Å². The molecule has 4 rings (SSSR count). The van der Waals surface area contributed by atoms with Crippen LogP contribution in [0.15, 0.2) is 71.8 Å². The summed E-state index contributed by atoms with van der Waals surface area (Å²) >= 11 is 0. The zero-order chi connectivity index (χ0) is 22.5. The van der Waals surface area contributed by atoms with Crippen LogP contribution in [0.4, 0.5) is 0 Å². The average molecular weight is 430 g/mol. The second-order valence-corrected chi connectivity index (χ2v) is 7.04. The molecule has 0 aliphatic heterocycles. The number of imidazole rings is 1. The van der Waals surface area contributed by atoms with Gasteiger partial charge in [0.15, 0.2) is 0 Å². The summed E-state index contributed by atoms with van der Waals surface area (Å²) < 4.78 is 7.48. The van der Waals surface area contributed by atoms with Crippen LogP contribution in [-0.2, 0) is 6.54 Å². The molecule has 0 bridgehead atoms. The normalized spacial score (nSPS) is 11.2. The molecular weight excluding hydrogens is 408 g/mol. The lowest BCUT2D eigenvalue weighted by atomic mass is 9.98. The van der Waals surface area contributed by atoms with E-state index >= 15 is 0 Å². The molecule has 0 aliphatic rings. The van der Waals surface area contributed by atoms with Crippen LogP contribution >= 0.6 is 0 Å². The number of aromatic nitrogens is 2. The lowest BCUT2D eigenvalue weighted by Crippen LogP contribution is -2.08. The Morgan fingerprint density at radius 2 is 1.97 bits per heavy atom. The lowest BCUT2D eigenvalue weighted by Gasteiger charge is -2.13. The summed E-state index contributed by atoms with van der Waals surface area (Å²) in [6, 6.07) is 21.1. The Morgan fingerprint density at radius 1 is 1.16 bits per heavy atom. The quantitative estimate of drug-likeness (QED) is 0.286. The van der Waals surface area contributed by atoms with Gasteiger partial charge in [-0.3, -0.25) is 9.77 Å². The number of fused-ring (bicyclic) bond motifs is 1. The van der Waals surface area contributed by atoms with Gasteiger partial charge in [-0.2, -0.15) is 15.7 Å². The molecule has 0 saturated carbocycles. The fourth-order valence-corrected chi connectivity index (χ4v) is 3.70. The molecule has 32 heavy (non-hydrogen) atoms. The Morgan fingerprint density at radius 3 is 2.69 bits per heavy atom. The minimum Gasteiger partial charge on any atom is -0.478 e. The Bertz CT molecular complexity index is 1280. The Kier molecular flexibility index (Phi) is 6.14. The van der Waals surface area contributed by atoms with Gasteiger partial charge in [-0.25, -0.2) is 4.79 Å². The van der Waals surface area contributed by atoms with E-state index in [0.717, 1.165) is 22.3 Å². The summed E-state index contributed by atoms with van der Waals surface area (Å²) in [5.74, 6) is -1.03. The number of hydrogen-bond donors (Lipinski definition) is 3. The third-order valence-corrected chi connectivity index (χ3v) is 5.04. The number of hydrogen-bond acceptors (Lipinski definition) is 6. The molecule has 3 aromatic carbocycles. The molecule has 0 unspecified atom stereocenters. The van der Waals surface area contributed by atoms with Crippen molar-refractivity contribution in [2.45, 2.75) is 13.5 Å². The SMILES string of the molecule is CCOc1nc2cccc(C(=O)O)c2n1Cc1ccc(-c2ccccc2)c(C=NNO)c1. The largest absolute Gasteiger partial charge is 0.478 e. The van der Waals surface area contributed by atoms with Gasteiger partial charge in [0.25, 0.3) is 6.01 Å². The monoisotopic (exact) mass is 430 g/mol. The highest BCUT2D eigenvalue weighted by molar-refractivity contribution is 6.01. The van der Waals surface area contributed by atoms with E-state index in [0.29, 0.717) is 30.2 Å². The molecule has 162 valence electrons. The molecule has 0 fully saturated rings. The van der Waals surface area contributed by atoms with Crippen molar-refractivity contribution in [2.24, 2.45) is 5.10 Å². The Labute approximate surface area is 184 Å². The van der Waals surface area contributed by atoms with Crippen LogP contribution in [0.5, 0.6) is 6.01 Å². The van der Waals surface area contributed by atoms with E-state index in [2.05, 4.69) is 10.1 Å². The van der Waals surface area contributed by atoms with Crippen LogP contribution in [0, 0.1) is 0 Å². The summed E-state index contributed by atoms with van der Waals surface area (Å²) in [6.45, 7) is 2.60. The molecule has 1 aromatic heterocycles. The first-order valence-corrected chi connectivity index (χ1v) is 10.1. The molecule has 0 spiro atoms. The summed E-state index contributed by atoms with van der Waals surface area (Å²) in [7, 11) is 0. The van der Waals surface area contributed by atoms with Gasteiger partial charge in [0, 0.05) is 5.56 Å². The first kappa shape index (κ1) is 21.1. The van der Waals surface area contributed by atoms with Gasteiger partial charge in [-0.1, -0.05) is 48.5 Å². The maximum Gasteiger partial charge on any atom is 0.337 e. The van der Waals surface area contributed by atoms with Crippen LogP contribution in [0.1, 0.15) is 28.4 Å². The fourth-order valence-electron chi connectivity index (χ4n) is 3.70. The van der Waals surface area contributed by atoms with Crippen molar-refractivity contribution in [3.8, 4) is 17.1 Å². The number of nitrogens with one attached hydrogen (secondary N) is 1. The highest BCUT2D eigenvalue weighted by Crippen LogP contribution is 2.28. The third-order valence-electron chi connectivity index (χ3n) is 5.04. The number of rotatable bonds is 8. The van der Waals surface area contributed by atoms with Crippen molar-refractivity contribution in [3.63, 3.8) is 0 Å². The first-order chi connectivity index (χ1) is 15.6. The summed E-state index contributed by atoms with van der Waals surface area (Å²) in [5.41, 5.74) is 6.65. The van der Waals surface area contributed by atoms with E-state index in [9.17, 15) is 9.90 Å². The zero-order valence-corrected chi connectivity index (χ0v) is 17.4. The van der Waals surface area contributed by atoms with Gasteiger partial charge >= 0.3 is 5.97 Å². The number of carboxylic acid groups (broad SMARTS) is 1. The highest BCUT2D eigenvalue weighted by atomic mass is 16.5. The number of hydrazone groups is 1. The molecule has 0 saturated heterocycles. The first-order valence-electron chi connectivity index (χ1n) is 10.1. The number of benzene rings is 3. The van der Waals surface area contributed by atoms with E-state index in [-0.39, 0.29) is 5.56 Å². The van der Waals surface area contributed by atoms with E-state index in [1.165, 1.54) is 6.21 Å². The molecule has 8 nitrogen and oxygen atoms in total. The van der Waals surface area contributed by atoms with Crippen molar-refractivity contribution < 1.29 is 19.8 Å². The van der Waals surface area contributed by atoms with Gasteiger partial charge in [-0.05, 0) is 41.8 Å². The summed E-state index contributed by atoms with van der Waals surface area (Å²) in [4.78, 5) is 16.3. The van der Waals surface area contributed by atoms with Crippen LogP contribution < -0.4 is 10.3 Å². The summed E-state index contributed by atoms with van der Waals surface area (Å²) in [6.07, 6.45) is 1.53. The van der Waals surface area contributed by atoms with Crippen LogP contribution in [0.25, 0.3) is 22.2 Å².